The van der Waals surface area contributed by atoms with E-state index in [0.717, 1.165) is 18.2 Å². The molecule has 12 heteroatoms. The Hall–Kier alpha value is -3.31. The van der Waals surface area contributed by atoms with Crippen molar-refractivity contribution in [1.82, 2.24) is 16.1 Å². The number of amides is 3. The number of carbonyl (C=O) groups excluding carboxylic acids is 3. The van der Waals surface area contributed by atoms with E-state index in [2.05, 4.69) is 10.6 Å². The highest BCUT2D eigenvalue weighted by Crippen LogP contribution is 2.31. The Balaban J connectivity index is 2.35. The molecule has 8 nitrogen and oxygen atoms in total. The topological polar surface area (TPSA) is 139 Å². The Labute approximate surface area is 199 Å². The average Bonchev–Trinajstić information content (AvgIpc) is 2.75. The minimum absolute atomic E-state index is 0.135. The van der Waals surface area contributed by atoms with Crippen LogP contribution in [0.4, 0.5) is 18.9 Å². The third-order valence-corrected chi connectivity index (χ3v) is 5.23. The number of nitrogens with two attached hydrogens (primary N) is 2. The van der Waals surface area contributed by atoms with Crippen LogP contribution in [0.1, 0.15) is 48.3 Å². The Morgan fingerprint density at radius 2 is 1.62 bits per heavy atom. The minimum Gasteiger partial charge on any atom is -0.398 e. The second-order valence-corrected chi connectivity index (χ2v) is 8.99. The summed E-state index contributed by atoms with van der Waals surface area (Å²) in [5, 5.41) is 5.11. The molecule has 0 saturated heterocycles. The molecule has 2 aromatic rings. The summed E-state index contributed by atoms with van der Waals surface area (Å²) in [5.41, 5.74) is 5.88. The standard InChI is InChI=1S/C22H25ClF3N5O3/c1-21(2,3)17(30-18(32)12-7-8-15(27)14(23)10-12)20(34)29-16(19(33)31-28)11-5-4-6-13(9-11)22(24,25)26/h4-10,16-17H,27-28H2,1-3H3,(H,29,34)(H,30,32)(H,31,33). The number of carbonyl (C=O) groups is 3. The summed E-state index contributed by atoms with van der Waals surface area (Å²) in [7, 11) is 0. The maximum atomic E-state index is 13.1. The largest absolute Gasteiger partial charge is 0.416 e. The van der Waals surface area contributed by atoms with Gasteiger partial charge in [0.15, 0.2) is 0 Å². The van der Waals surface area contributed by atoms with E-state index < -0.39 is 47.0 Å². The van der Waals surface area contributed by atoms with E-state index in [1.807, 2.05) is 5.43 Å². The van der Waals surface area contributed by atoms with Crippen molar-refractivity contribution in [2.24, 2.45) is 11.3 Å². The number of hydrogen-bond donors (Lipinski definition) is 5. The van der Waals surface area contributed by atoms with Gasteiger partial charge in [-0.2, -0.15) is 13.2 Å². The highest BCUT2D eigenvalue weighted by molar-refractivity contribution is 6.33. The molecule has 0 aliphatic rings. The van der Waals surface area contributed by atoms with E-state index in [4.69, 9.17) is 23.2 Å². The molecule has 0 radical (unpaired) electrons. The number of alkyl halides is 3. The summed E-state index contributed by atoms with van der Waals surface area (Å²) in [4.78, 5) is 38.3. The Bertz CT molecular complexity index is 1090. The van der Waals surface area contributed by atoms with Crippen LogP contribution in [0.2, 0.25) is 5.02 Å². The van der Waals surface area contributed by atoms with Crippen molar-refractivity contribution in [1.29, 1.82) is 0 Å². The molecule has 2 unspecified atom stereocenters. The zero-order valence-electron chi connectivity index (χ0n) is 18.6. The van der Waals surface area contributed by atoms with Gasteiger partial charge in [-0.25, -0.2) is 5.84 Å². The fraction of sp³-hybridized carbons (Fsp3) is 0.318. The van der Waals surface area contributed by atoms with Crippen molar-refractivity contribution >= 4 is 35.0 Å². The molecular weight excluding hydrogens is 475 g/mol. The van der Waals surface area contributed by atoms with Crippen LogP contribution in [0.5, 0.6) is 0 Å². The second-order valence-electron chi connectivity index (χ2n) is 8.58. The second kappa shape index (κ2) is 10.3. The van der Waals surface area contributed by atoms with Gasteiger partial charge in [-0.05, 0) is 41.3 Å². The first-order valence-corrected chi connectivity index (χ1v) is 10.4. The zero-order valence-corrected chi connectivity index (χ0v) is 19.3. The summed E-state index contributed by atoms with van der Waals surface area (Å²) in [6, 6.07) is 5.37. The molecule has 2 aromatic carbocycles. The summed E-state index contributed by atoms with van der Waals surface area (Å²) < 4.78 is 39.4. The predicted molar refractivity (Wildman–Crippen MR) is 121 cm³/mol. The molecule has 34 heavy (non-hydrogen) atoms. The smallest absolute Gasteiger partial charge is 0.398 e. The van der Waals surface area contributed by atoms with Crippen LogP contribution in [-0.4, -0.2) is 23.8 Å². The maximum absolute atomic E-state index is 13.1. The molecule has 0 aliphatic carbocycles. The monoisotopic (exact) mass is 499 g/mol. The minimum atomic E-state index is -4.66. The predicted octanol–water partition coefficient (Wildman–Crippen LogP) is 2.93. The molecule has 0 spiro atoms. The fourth-order valence-electron chi connectivity index (χ4n) is 3.06. The quantitative estimate of drug-likeness (QED) is 0.180. The molecule has 0 aromatic heterocycles. The highest BCUT2D eigenvalue weighted by Gasteiger charge is 2.36. The number of halogens is 4. The Morgan fingerprint density at radius 1 is 0.971 bits per heavy atom. The number of hydrogen-bond acceptors (Lipinski definition) is 5. The molecule has 0 fully saturated rings. The normalized spacial score (nSPS) is 13.5. The van der Waals surface area contributed by atoms with Crippen molar-refractivity contribution in [2.75, 3.05) is 5.73 Å². The molecular formula is C22H25ClF3N5O3. The van der Waals surface area contributed by atoms with E-state index >= 15 is 0 Å². The number of nitrogen functional groups attached to an aromatic ring is 1. The number of hydrazine groups is 1. The van der Waals surface area contributed by atoms with E-state index in [-0.39, 0.29) is 21.8 Å². The van der Waals surface area contributed by atoms with Crippen LogP contribution in [0.15, 0.2) is 42.5 Å². The first-order chi connectivity index (χ1) is 15.6. The van der Waals surface area contributed by atoms with E-state index in [1.165, 1.54) is 24.3 Å². The number of nitrogens with one attached hydrogen (secondary N) is 3. The molecule has 0 aliphatic heterocycles. The van der Waals surface area contributed by atoms with Crippen LogP contribution in [0, 0.1) is 5.41 Å². The van der Waals surface area contributed by atoms with Crippen molar-refractivity contribution in [2.45, 2.75) is 39.0 Å². The molecule has 0 saturated carbocycles. The summed E-state index contributed by atoms with van der Waals surface area (Å²) in [5.74, 6) is 2.79. The Morgan fingerprint density at radius 3 is 2.15 bits per heavy atom. The van der Waals surface area contributed by atoms with Crippen molar-refractivity contribution in [3.8, 4) is 0 Å². The Kier molecular flexibility index (Phi) is 8.17. The molecule has 2 rings (SSSR count). The van der Waals surface area contributed by atoms with E-state index in [1.54, 1.807) is 20.8 Å². The van der Waals surface area contributed by atoms with Gasteiger partial charge in [0.25, 0.3) is 11.8 Å². The number of benzene rings is 2. The third-order valence-electron chi connectivity index (χ3n) is 4.90. The molecule has 0 bridgehead atoms. The van der Waals surface area contributed by atoms with Gasteiger partial charge in [-0.3, -0.25) is 19.8 Å². The molecule has 7 N–H and O–H groups in total. The summed E-state index contributed by atoms with van der Waals surface area (Å²) >= 11 is 5.96. The molecule has 0 heterocycles. The average molecular weight is 500 g/mol. The number of rotatable bonds is 6. The van der Waals surface area contributed by atoms with Crippen molar-refractivity contribution < 1.29 is 27.6 Å². The lowest BCUT2D eigenvalue weighted by Crippen LogP contribution is -2.55. The fourth-order valence-corrected chi connectivity index (χ4v) is 3.24. The van der Waals surface area contributed by atoms with Crippen LogP contribution in [0.25, 0.3) is 0 Å². The summed E-state index contributed by atoms with van der Waals surface area (Å²) in [6.45, 7) is 4.99. The lowest BCUT2D eigenvalue weighted by molar-refractivity contribution is -0.137. The molecule has 2 atom stereocenters. The molecule has 184 valence electrons. The van der Waals surface area contributed by atoms with Crippen molar-refractivity contribution in [3.63, 3.8) is 0 Å². The van der Waals surface area contributed by atoms with Crippen molar-refractivity contribution in [3.05, 3.63) is 64.2 Å². The maximum Gasteiger partial charge on any atom is 0.416 e. The van der Waals surface area contributed by atoms with Gasteiger partial charge in [-0.1, -0.05) is 44.5 Å². The van der Waals surface area contributed by atoms with Crippen LogP contribution < -0.4 is 27.6 Å². The highest BCUT2D eigenvalue weighted by atomic mass is 35.5. The molecule has 3 amide bonds. The van der Waals surface area contributed by atoms with Gasteiger partial charge in [-0.15, -0.1) is 0 Å². The van der Waals surface area contributed by atoms with Gasteiger partial charge >= 0.3 is 6.18 Å². The van der Waals surface area contributed by atoms with Gasteiger partial charge in [0, 0.05) is 5.56 Å². The lowest BCUT2D eigenvalue weighted by atomic mass is 9.85. The van der Waals surface area contributed by atoms with E-state index in [9.17, 15) is 27.6 Å². The summed E-state index contributed by atoms with van der Waals surface area (Å²) in [6.07, 6.45) is -4.66. The van der Waals surface area contributed by atoms with Crippen LogP contribution >= 0.6 is 11.6 Å². The van der Waals surface area contributed by atoms with Gasteiger partial charge in [0.1, 0.15) is 12.1 Å². The van der Waals surface area contributed by atoms with Crippen LogP contribution in [0.3, 0.4) is 0 Å². The van der Waals surface area contributed by atoms with E-state index in [0.29, 0.717) is 0 Å². The first kappa shape index (κ1) is 26.9. The number of anilines is 1. The SMILES string of the molecule is CC(C)(C)C(NC(=O)c1ccc(N)c(Cl)c1)C(=O)NC(C(=O)NN)c1cccc(C(F)(F)F)c1. The lowest BCUT2D eigenvalue weighted by Gasteiger charge is -2.32. The zero-order chi connectivity index (χ0) is 25.8. The first-order valence-electron chi connectivity index (χ1n) is 9.99. The van der Waals surface area contributed by atoms with Crippen LogP contribution in [-0.2, 0) is 15.8 Å². The van der Waals surface area contributed by atoms with Gasteiger partial charge < -0.3 is 16.4 Å². The van der Waals surface area contributed by atoms with Gasteiger partial charge in [0.2, 0.25) is 5.91 Å². The van der Waals surface area contributed by atoms with Gasteiger partial charge in [0.05, 0.1) is 16.3 Å². The third kappa shape index (κ3) is 6.61.